The molecule has 2 aromatic carbocycles. The van der Waals surface area contributed by atoms with Crippen LogP contribution in [-0.2, 0) is 21.2 Å². The van der Waals surface area contributed by atoms with Crippen molar-refractivity contribution in [3.63, 3.8) is 0 Å². The molecule has 3 N–H and O–H groups in total. The van der Waals surface area contributed by atoms with Gasteiger partial charge in [0.1, 0.15) is 5.82 Å². The Labute approximate surface area is 151 Å². The first kappa shape index (κ1) is 18.3. The number of anilines is 1. The summed E-state index contributed by atoms with van der Waals surface area (Å²) < 4.78 is 41.5. The van der Waals surface area contributed by atoms with Gasteiger partial charge in [-0.2, -0.15) is 0 Å². The number of methoxy groups -OCH3 is 1. The summed E-state index contributed by atoms with van der Waals surface area (Å²) in [5, 5.41) is 8.36. The smallest absolute Gasteiger partial charge is 0.340 e. The first-order valence-electron chi connectivity index (χ1n) is 8.09. The molecule has 26 heavy (non-hydrogen) atoms. The van der Waals surface area contributed by atoms with Crippen LogP contribution in [0, 0.1) is 5.82 Å². The minimum Gasteiger partial charge on any atom is -0.465 e. The molecule has 1 aliphatic carbocycles. The van der Waals surface area contributed by atoms with Gasteiger partial charge in [0.2, 0.25) is 10.0 Å². The quantitative estimate of drug-likeness (QED) is 0.797. The minimum atomic E-state index is -3.96. The summed E-state index contributed by atoms with van der Waals surface area (Å²) in [5.41, 5.74) is 2.35. The van der Waals surface area contributed by atoms with Crippen LogP contribution in [0.15, 0.2) is 41.3 Å². The van der Waals surface area contributed by atoms with E-state index >= 15 is 0 Å². The highest BCUT2D eigenvalue weighted by Gasteiger charge is 2.24. The first-order chi connectivity index (χ1) is 12.3. The second-order valence-electron chi connectivity index (χ2n) is 6.18. The number of halogens is 1. The molecular weight excluding hydrogens is 359 g/mol. The third kappa shape index (κ3) is 3.71. The van der Waals surface area contributed by atoms with E-state index in [1.54, 1.807) is 6.07 Å². The predicted octanol–water partition coefficient (Wildman–Crippen LogP) is 2.75. The molecule has 0 spiro atoms. The lowest BCUT2D eigenvalue weighted by Gasteiger charge is -2.28. The Morgan fingerprint density at radius 3 is 2.73 bits per heavy atom. The van der Waals surface area contributed by atoms with E-state index in [0.717, 1.165) is 30.4 Å². The maximum Gasteiger partial charge on any atom is 0.340 e. The number of nitrogens with two attached hydrogens (primary N) is 1. The van der Waals surface area contributed by atoms with Gasteiger partial charge >= 0.3 is 5.97 Å². The van der Waals surface area contributed by atoms with Crippen LogP contribution in [0.4, 0.5) is 10.1 Å². The number of esters is 1. The number of carbonyl (C=O) groups is 1. The highest BCUT2D eigenvalue weighted by atomic mass is 32.2. The van der Waals surface area contributed by atoms with Crippen LogP contribution in [0.5, 0.6) is 0 Å². The molecule has 0 radical (unpaired) electrons. The molecule has 8 heteroatoms. The number of nitrogens with one attached hydrogen (secondary N) is 1. The minimum absolute atomic E-state index is 0.0579. The lowest BCUT2D eigenvalue weighted by atomic mass is 9.87. The van der Waals surface area contributed by atoms with Crippen LogP contribution < -0.4 is 10.5 Å². The van der Waals surface area contributed by atoms with Crippen LogP contribution >= 0.6 is 0 Å². The van der Waals surface area contributed by atoms with E-state index in [0.29, 0.717) is 5.69 Å². The van der Waals surface area contributed by atoms with E-state index in [1.807, 2.05) is 0 Å². The molecule has 0 fully saturated rings. The van der Waals surface area contributed by atoms with Crippen molar-refractivity contribution in [2.45, 2.75) is 30.2 Å². The van der Waals surface area contributed by atoms with Gasteiger partial charge in [0.25, 0.3) is 0 Å². The highest BCUT2D eigenvalue weighted by Crippen LogP contribution is 2.34. The van der Waals surface area contributed by atoms with Gasteiger partial charge in [-0.1, -0.05) is 6.07 Å². The zero-order valence-corrected chi connectivity index (χ0v) is 15.0. The monoisotopic (exact) mass is 378 g/mol. The SMILES string of the molecule is COC(=O)c1cc(S(N)(=O)=O)ccc1NC1CCCc2ccc(F)cc21. The van der Waals surface area contributed by atoms with Crippen molar-refractivity contribution in [2.24, 2.45) is 5.14 Å². The maximum absolute atomic E-state index is 13.7. The van der Waals surface area contributed by atoms with Gasteiger partial charge in [-0.05, 0) is 60.7 Å². The number of ether oxygens (including phenoxy) is 1. The number of hydrogen-bond acceptors (Lipinski definition) is 5. The molecule has 1 aliphatic rings. The molecule has 1 atom stereocenters. The summed E-state index contributed by atoms with van der Waals surface area (Å²) in [5.74, 6) is -1.01. The molecule has 2 aromatic rings. The van der Waals surface area contributed by atoms with Gasteiger partial charge in [0, 0.05) is 5.69 Å². The predicted molar refractivity (Wildman–Crippen MR) is 94.9 cm³/mol. The Bertz CT molecular complexity index is 960. The van der Waals surface area contributed by atoms with Crippen molar-refractivity contribution in [3.05, 3.63) is 58.9 Å². The van der Waals surface area contributed by atoms with E-state index < -0.39 is 16.0 Å². The molecule has 0 saturated carbocycles. The Hall–Kier alpha value is -2.45. The van der Waals surface area contributed by atoms with Crippen molar-refractivity contribution >= 4 is 21.7 Å². The molecule has 0 saturated heterocycles. The standard InChI is InChI=1S/C18H19FN2O4S/c1-25-18(22)15-10-13(26(20,23)24)7-8-17(15)21-16-4-2-3-11-5-6-12(19)9-14(11)16/h5-10,16,21H,2-4H2,1H3,(H2,20,23,24). The van der Waals surface area contributed by atoms with E-state index in [1.165, 1.54) is 37.4 Å². The highest BCUT2D eigenvalue weighted by molar-refractivity contribution is 7.89. The molecule has 0 aliphatic heterocycles. The number of sulfonamides is 1. The molecule has 0 bridgehead atoms. The van der Waals surface area contributed by atoms with Crippen LogP contribution in [0.25, 0.3) is 0 Å². The average molecular weight is 378 g/mol. The van der Waals surface area contributed by atoms with Crippen LogP contribution in [0.1, 0.15) is 40.4 Å². The zero-order valence-electron chi connectivity index (χ0n) is 14.2. The number of rotatable bonds is 4. The van der Waals surface area contributed by atoms with Gasteiger partial charge in [-0.25, -0.2) is 22.7 Å². The fourth-order valence-corrected chi connectivity index (χ4v) is 3.75. The fraction of sp³-hybridized carbons (Fsp3) is 0.278. The lowest BCUT2D eigenvalue weighted by Crippen LogP contribution is -2.20. The normalized spacial score (nSPS) is 16.7. The van der Waals surface area contributed by atoms with Crippen LogP contribution in [0.2, 0.25) is 0 Å². The van der Waals surface area contributed by atoms with Gasteiger partial charge in [-0.3, -0.25) is 0 Å². The Kier molecular flexibility index (Phi) is 4.97. The summed E-state index contributed by atoms with van der Waals surface area (Å²) in [7, 11) is -2.75. The molecule has 6 nitrogen and oxygen atoms in total. The molecule has 3 rings (SSSR count). The number of aryl methyl sites for hydroxylation is 1. The van der Waals surface area contributed by atoms with Gasteiger partial charge in [0.05, 0.1) is 23.6 Å². The number of benzene rings is 2. The summed E-state index contributed by atoms with van der Waals surface area (Å²) in [4.78, 5) is 11.9. The van der Waals surface area contributed by atoms with Crippen molar-refractivity contribution < 1.29 is 22.3 Å². The fourth-order valence-electron chi connectivity index (χ4n) is 3.21. The third-order valence-electron chi connectivity index (χ3n) is 4.48. The van der Waals surface area contributed by atoms with Crippen molar-refractivity contribution in [1.29, 1.82) is 0 Å². The van der Waals surface area contributed by atoms with Gasteiger partial charge in [-0.15, -0.1) is 0 Å². The second kappa shape index (κ2) is 7.05. The van der Waals surface area contributed by atoms with E-state index in [2.05, 4.69) is 5.32 Å². The largest absolute Gasteiger partial charge is 0.465 e. The molecular formula is C18H19FN2O4S. The number of hydrogen-bond donors (Lipinski definition) is 2. The summed E-state index contributed by atoms with van der Waals surface area (Å²) in [6, 6.07) is 8.46. The molecule has 1 unspecified atom stereocenters. The van der Waals surface area contributed by atoms with Crippen LogP contribution in [-0.4, -0.2) is 21.5 Å². The molecule has 0 amide bonds. The number of fused-ring (bicyclic) bond motifs is 1. The topological polar surface area (TPSA) is 98.5 Å². The molecule has 138 valence electrons. The van der Waals surface area contributed by atoms with Crippen molar-refractivity contribution in [3.8, 4) is 0 Å². The second-order valence-corrected chi connectivity index (χ2v) is 7.74. The number of carbonyl (C=O) groups excluding carboxylic acids is 1. The number of primary sulfonamides is 1. The van der Waals surface area contributed by atoms with Crippen molar-refractivity contribution in [1.82, 2.24) is 0 Å². The van der Waals surface area contributed by atoms with Crippen LogP contribution in [0.3, 0.4) is 0 Å². The third-order valence-corrected chi connectivity index (χ3v) is 5.39. The zero-order chi connectivity index (χ0) is 18.9. The Morgan fingerprint density at radius 2 is 2.04 bits per heavy atom. The summed E-state index contributed by atoms with van der Waals surface area (Å²) in [6.07, 6.45) is 2.54. The first-order valence-corrected chi connectivity index (χ1v) is 9.64. The van der Waals surface area contributed by atoms with Crippen molar-refractivity contribution in [2.75, 3.05) is 12.4 Å². The molecule has 0 heterocycles. The van der Waals surface area contributed by atoms with E-state index in [9.17, 15) is 17.6 Å². The van der Waals surface area contributed by atoms with E-state index in [-0.39, 0.29) is 22.3 Å². The average Bonchev–Trinajstić information content (AvgIpc) is 2.61. The maximum atomic E-state index is 13.7. The molecule has 0 aromatic heterocycles. The van der Waals surface area contributed by atoms with Gasteiger partial charge < -0.3 is 10.1 Å². The van der Waals surface area contributed by atoms with E-state index in [4.69, 9.17) is 9.88 Å². The Morgan fingerprint density at radius 1 is 1.27 bits per heavy atom. The summed E-state index contributed by atoms with van der Waals surface area (Å²) >= 11 is 0. The Balaban J connectivity index is 2.01. The summed E-state index contributed by atoms with van der Waals surface area (Å²) in [6.45, 7) is 0. The lowest BCUT2D eigenvalue weighted by molar-refractivity contribution is 0.0601. The van der Waals surface area contributed by atoms with Gasteiger partial charge in [0.15, 0.2) is 0 Å².